The molecule has 5 nitrogen and oxygen atoms in total. The number of thiocarbonyl (C=S) groups is 1. The first-order valence-electron chi connectivity index (χ1n) is 6.74. The Kier molecular flexibility index (Phi) is 5.16. The summed E-state index contributed by atoms with van der Waals surface area (Å²) in [5, 5.41) is 6.41. The van der Waals surface area contributed by atoms with Crippen molar-refractivity contribution in [1.29, 1.82) is 0 Å². The minimum absolute atomic E-state index is 0.155. The van der Waals surface area contributed by atoms with E-state index in [2.05, 4.69) is 23.8 Å². The fourth-order valence-corrected chi connectivity index (χ4v) is 2.54. The van der Waals surface area contributed by atoms with Crippen LogP contribution in [0.1, 0.15) is 11.6 Å². The number of hydrogen-bond donors (Lipinski definition) is 2. The van der Waals surface area contributed by atoms with Crippen molar-refractivity contribution in [2.45, 2.75) is 6.04 Å². The highest BCUT2D eigenvalue weighted by Gasteiger charge is 2.37. The molecule has 1 aliphatic heterocycles. The lowest BCUT2D eigenvalue weighted by molar-refractivity contribution is -0.147. The topological polar surface area (TPSA) is 59.6 Å². The van der Waals surface area contributed by atoms with Gasteiger partial charge in [0.05, 0.1) is 13.2 Å². The van der Waals surface area contributed by atoms with Gasteiger partial charge in [-0.1, -0.05) is 31.4 Å². The third-order valence-electron chi connectivity index (χ3n) is 3.34. The maximum atomic E-state index is 12.3. The van der Waals surface area contributed by atoms with Gasteiger partial charge in [0.25, 0.3) is 0 Å². The quantitative estimate of drug-likeness (QED) is 0.492. The van der Waals surface area contributed by atoms with Gasteiger partial charge < -0.3 is 20.1 Å². The van der Waals surface area contributed by atoms with E-state index in [1.165, 1.54) is 6.08 Å². The van der Waals surface area contributed by atoms with Gasteiger partial charge in [0, 0.05) is 5.70 Å². The first-order valence-corrected chi connectivity index (χ1v) is 7.15. The smallest absolute Gasteiger partial charge is 0.317 e. The van der Waals surface area contributed by atoms with Gasteiger partial charge in [0.1, 0.15) is 18.3 Å². The summed E-state index contributed by atoms with van der Waals surface area (Å²) in [6.45, 7) is 7.59. The summed E-state index contributed by atoms with van der Waals surface area (Å²) in [5.41, 5.74) is 1.41. The SMILES string of the molecule is C=CCOC(=O)[C@@H]1C(=C)NC(=S)N[C@H]1c1ccc(OC)cc1. The molecular formula is C16H18N2O3S. The zero-order valence-corrected chi connectivity index (χ0v) is 13.1. The molecule has 0 unspecified atom stereocenters. The Morgan fingerprint density at radius 2 is 2.09 bits per heavy atom. The van der Waals surface area contributed by atoms with Crippen LogP contribution in [0.15, 0.2) is 49.2 Å². The van der Waals surface area contributed by atoms with Crippen LogP contribution in [0, 0.1) is 5.92 Å². The molecule has 2 rings (SSSR count). The predicted octanol–water partition coefficient (Wildman–Crippen LogP) is 2.07. The van der Waals surface area contributed by atoms with Crippen molar-refractivity contribution in [1.82, 2.24) is 10.6 Å². The van der Waals surface area contributed by atoms with Gasteiger partial charge in [-0.05, 0) is 29.9 Å². The molecular weight excluding hydrogens is 300 g/mol. The van der Waals surface area contributed by atoms with Gasteiger partial charge in [-0.15, -0.1) is 0 Å². The molecule has 116 valence electrons. The average Bonchev–Trinajstić information content (AvgIpc) is 2.52. The van der Waals surface area contributed by atoms with Gasteiger partial charge in [-0.25, -0.2) is 0 Å². The van der Waals surface area contributed by atoms with E-state index < -0.39 is 5.92 Å². The molecule has 0 aliphatic carbocycles. The van der Waals surface area contributed by atoms with E-state index in [0.29, 0.717) is 10.8 Å². The van der Waals surface area contributed by atoms with E-state index in [-0.39, 0.29) is 18.6 Å². The first-order chi connectivity index (χ1) is 10.6. The van der Waals surface area contributed by atoms with E-state index in [4.69, 9.17) is 21.7 Å². The lowest BCUT2D eigenvalue weighted by Crippen LogP contribution is -2.51. The minimum Gasteiger partial charge on any atom is -0.497 e. The summed E-state index contributed by atoms with van der Waals surface area (Å²) in [6.07, 6.45) is 1.53. The van der Waals surface area contributed by atoms with Crippen molar-refractivity contribution in [2.24, 2.45) is 5.92 Å². The van der Waals surface area contributed by atoms with Crippen LogP contribution in [-0.2, 0) is 9.53 Å². The van der Waals surface area contributed by atoms with Gasteiger partial charge in [0.2, 0.25) is 0 Å². The Labute approximate surface area is 135 Å². The van der Waals surface area contributed by atoms with E-state index in [9.17, 15) is 4.79 Å². The van der Waals surface area contributed by atoms with Crippen molar-refractivity contribution in [2.75, 3.05) is 13.7 Å². The highest BCUT2D eigenvalue weighted by atomic mass is 32.1. The molecule has 1 aromatic rings. The van der Waals surface area contributed by atoms with E-state index in [0.717, 1.165) is 11.3 Å². The third-order valence-corrected chi connectivity index (χ3v) is 3.56. The number of ether oxygens (including phenoxy) is 2. The van der Waals surface area contributed by atoms with Crippen molar-refractivity contribution in [3.8, 4) is 5.75 Å². The zero-order chi connectivity index (χ0) is 16.1. The molecule has 1 heterocycles. The molecule has 2 atom stereocenters. The number of carbonyl (C=O) groups excluding carboxylic acids is 1. The third kappa shape index (κ3) is 3.46. The number of methoxy groups -OCH3 is 1. The van der Waals surface area contributed by atoms with Crippen LogP contribution in [0.4, 0.5) is 0 Å². The Morgan fingerprint density at radius 1 is 1.41 bits per heavy atom. The van der Waals surface area contributed by atoms with Crippen LogP contribution >= 0.6 is 12.2 Å². The summed E-state index contributed by atoms with van der Waals surface area (Å²) in [4.78, 5) is 12.3. The monoisotopic (exact) mass is 318 g/mol. The maximum Gasteiger partial charge on any atom is 0.317 e. The first kappa shape index (κ1) is 16.0. The second-order valence-corrected chi connectivity index (χ2v) is 5.18. The summed E-state index contributed by atoms with van der Waals surface area (Å²) >= 11 is 5.16. The van der Waals surface area contributed by atoms with Gasteiger partial charge in [-0.2, -0.15) is 0 Å². The van der Waals surface area contributed by atoms with Crippen molar-refractivity contribution in [3.63, 3.8) is 0 Å². The van der Waals surface area contributed by atoms with Crippen LogP contribution in [0.2, 0.25) is 0 Å². The molecule has 22 heavy (non-hydrogen) atoms. The molecule has 1 fully saturated rings. The van der Waals surface area contributed by atoms with Crippen LogP contribution in [-0.4, -0.2) is 24.8 Å². The van der Waals surface area contributed by atoms with Gasteiger partial charge >= 0.3 is 5.97 Å². The molecule has 0 radical (unpaired) electrons. The van der Waals surface area contributed by atoms with Crippen LogP contribution in [0.5, 0.6) is 5.75 Å². The minimum atomic E-state index is -0.583. The largest absolute Gasteiger partial charge is 0.497 e. The molecule has 1 saturated heterocycles. The molecule has 2 N–H and O–H groups in total. The summed E-state index contributed by atoms with van der Waals surface area (Å²) in [6, 6.07) is 7.08. The number of hydrogen-bond acceptors (Lipinski definition) is 4. The molecule has 1 aromatic carbocycles. The van der Waals surface area contributed by atoms with Crippen LogP contribution < -0.4 is 15.4 Å². The molecule has 0 spiro atoms. The summed E-state index contributed by atoms with van der Waals surface area (Å²) in [7, 11) is 1.60. The molecule has 0 saturated carbocycles. The number of carbonyl (C=O) groups is 1. The fraction of sp³-hybridized carbons (Fsp3) is 0.250. The normalized spacial score (nSPS) is 20.6. The molecule has 0 aromatic heterocycles. The molecule has 0 bridgehead atoms. The highest BCUT2D eigenvalue weighted by Crippen LogP contribution is 2.31. The lowest BCUT2D eigenvalue weighted by Gasteiger charge is -2.34. The molecule has 0 amide bonds. The Bertz CT molecular complexity index is 598. The fourth-order valence-electron chi connectivity index (χ4n) is 2.28. The van der Waals surface area contributed by atoms with E-state index >= 15 is 0 Å². The van der Waals surface area contributed by atoms with Gasteiger partial charge in [-0.3, -0.25) is 4.79 Å². The summed E-state index contributed by atoms with van der Waals surface area (Å²) < 4.78 is 10.3. The Hall–Kier alpha value is -2.34. The van der Waals surface area contributed by atoms with Crippen molar-refractivity contribution < 1.29 is 14.3 Å². The van der Waals surface area contributed by atoms with Gasteiger partial charge in [0.15, 0.2) is 5.11 Å². The van der Waals surface area contributed by atoms with Crippen LogP contribution in [0.25, 0.3) is 0 Å². The van der Waals surface area contributed by atoms with Crippen molar-refractivity contribution in [3.05, 3.63) is 54.8 Å². The number of rotatable bonds is 5. The molecule has 1 aliphatic rings. The van der Waals surface area contributed by atoms with E-state index in [1.54, 1.807) is 7.11 Å². The maximum absolute atomic E-state index is 12.3. The summed E-state index contributed by atoms with van der Waals surface area (Å²) in [5.74, 6) is -0.224. The average molecular weight is 318 g/mol. The zero-order valence-electron chi connectivity index (χ0n) is 12.3. The van der Waals surface area contributed by atoms with Crippen LogP contribution in [0.3, 0.4) is 0 Å². The Balaban J connectivity index is 2.29. The van der Waals surface area contributed by atoms with Crippen molar-refractivity contribution >= 4 is 23.3 Å². The number of benzene rings is 1. The van der Waals surface area contributed by atoms with E-state index in [1.807, 2.05) is 24.3 Å². The number of nitrogens with one attached hydrogen (secondary N) is 2. The predicted molar refractivity (Wildman–Crippen MR) is 88.4 cm³/mol. The number of esters is 1. The second-order valence-electron chi connectivity index (χ2n) is 4.77. The second kappa shape index (κ2) is 7.09. The Morgan fingerprint density at radius 3 is 2.68 bits per heavy atom. The lowest BCUT2D eigenvalue weighted by atomic mass is 9.89. The molecule has 6 heteroatoms. The highest BCUT2D eigenvalue weighted by molar-refractivity contribution is 7.80. The standard InChI is InChI=1S/C16H18N2O3S/c1-4-9-21-15(19)13-10(2)17-16(22)18-14(13)11-5-7-12(20-3)8-6-11/h4-8,13-14H,1-2,9H2,3H3,(H2,17,18,22)/t13-,14+/m1/s1.